The number of rotatable bonds is 7. The van der Waals surface area contributed by atoms with Gasteiger partial charge in [0.1, 0.15) is 12.4 Å². The van der Waals surface area contributed by atoms with Crippen molar-refractivity contribution >= 4 is 0 Å². The van der Waals surface area contributed by atoms with Gasteiger partial charge in [-0.05, 0) is 30.7 Å². The lowest BCUT2D eigenvalue weighted by atomic mass is 9.67. The van der Waals surface area contributed by atoms with E-state index in [4.69, 9.17) is 11.2 Å². The van der Waals surface area contributed by atoms with E-state index in [-0.39, 0.29) is 0 Å². The Balaban J connectivity index is 1.87. The van der Waals surface area contributed by atoms with Gasteiger partial charge in [0.2, 0.25) is 0 Å². The number of terminal acetylenes is 1. The number of benzene rings is 1. The van der Waals surface area contributed by atoms with E-state index in [9.17, 15) is 0 Å². The molecule has 0 heterocycles. The van der Waals surface area contributed by atoms with Gasteiger partial charge in [0.25, 0.3) is 0 Å². The Hall–Kier alpha value is -1.46. The number of nitrogens with one attached hydrogen (secondary N) is 1. The number of ether oxygens (including phenoxy) is 1. The molecule has 0 saturated heterocycles. The lowest BCUT2D eigenvalue weighted by Gasteiger charge is -2.41. The summed E-state index contributed by atoms with van der Waals surface area (Å²) in [7, 11) is 0. The van der Waals surface area contributed by atoms with E-state index in [0.29, 0.717) is 12.0 Å². The lowest BCUT2D eigenvalue weighted by molar-refractivity contribution is 0.123. The summed E-state index contributed by atoms with van der Waals surface area (Å²) in [5, 5.41) is 3.58. The highest BCUT2D eigenvalue weighted by Gasteiger charge is 2.34. The molecule has 0 bridgehead atoms. The minimum atomic E-state index is 0.329. The molecule has 0 aliphatic heterocycles. The number of hydrogen-bond donors (Lipinski definition) is 1. The molecule has 2 rings (SSSR count). The van der Waals surface area contributed by atoms with Crippen molar-refractivity contribution in [3.05, 3.63) is 29.8 Å². The van der Waals surface area contributed by atoms with E-state index < -0.39 is 0 Å². The highest BCUT2D eigenvalue weighted by Crippen LogP contribution is 2.43. The number of hydrogen-bond acceptors (Lipinski definition) is 2. The predicted octanol–water partition coefficient (Wildman–Crippen LogP) is 3.37. The van der Waals surface area contributed by atoms with Crippen molar-refractivity contribution in [1.29, 1.82) is 0 Å². The highest BCUT2D eigenvalue weighted by molar-refractivity contribution is 5.33. The van der Waals surface area contributed by atoms with Crippen LogP contribution in [-0.4, -0.2) is 13.2 Å². The van der Waals surface area contributed by atoms with E-state index >= 15 is 0 Å². The fourth-order valence-electron chi connectivity index (χ4n) is 2.70. The molecule has 1 saturated carbocycles. The first-order valence-corrected chi connectivity index (χ1v) is 7.14. The average Bonchev–Trinajstić information content (AvgIpc) is 2.40. The maximum Gasteiger partial charge on any atom is 0.148 e. The highest BCUT2D eigenvalue weighted by atomic mass is 16.5. The van der Waals surface area contributed by atoms with Gasteiger partial charge < -0.3 is 10.1 Å². The van der Waals surface area contributed by atoms with Crippen LogP contribution >= 0.6 is 0 Å². The van der Waals surface area contributed by atoms with Crippen molar-refractivity contribution in [3.63, 3.8) is 0 Å². The zero-order valence-corrected chi connectivity index (χ0v) is 11.7. The van der Waals surface area contributed by atoms with Crippen LogP contribution in [0.25, 0.3) is 0 Å². The van der Waals surface area contributed by atoms with Crippen molar-refractivity contribution in [2.75, 3.05) is 13.2 Å². The van der Waals surface area contributed by atoms with Crippen LogP contribution < -0.4 is 10.1 Å². The van der Waals surface area contributed by atoms with E-state index in [0.717, 1.165) is 18.8 Å². The molecular weight excluding hydrogens is 234 g/mol. The molecule has 1 aromatic carbocycles. The Labute approximate surface area is 116 Å². The molecule has 1 fully saturated rings. The zero-order chi connectivity index (χ0) is 13.6. The smallest absolute Gasteiger partial charge is 0.148 e. The summed E-state index contributed by atoms with van der Waals surface area (Å²) in [6.45, 7) is 4.58. The maximum absolute atomic E-state index is 5.56. The third-order valence-electron chi connectivity index (χ3n) is 4.26. The molecule has 0 aromatic heterocycles. The van der Waals surface area contributed by atoms with Gasteiger partial charge in [-0.15, -0.1) is 6.42 Å². The van der Waals surface area contributed by atoms with Crippen LogP contribution in [0, 0.1) is 17.8 Å². The molecule has 102 valence electrons. The van der Waals surface area contributed by atoms with Crippen LogP contribution in [-0.2, 0) is 6.54 Å². The van der Waals surface area contributed by atoms with Crippen molar-refractivity contribution in [2.24, 2.45) is 5.41 Å². The molecule has 1 N–H and O–H groups in total. The van der Waals surface area contributed by atoms with E-state index in [1.807, 2.05) is 18.2 Å². The Morgan fingerprint density at radius 2 is 2.16 bits per heavy atom. The summed E-state index contributed by atoms with van der Waals surface area (Å²) in [5.41, 5.74) is 1.73. The van der Waals surface area contributed by atoms with E-state index in [2.05, 4.69) is 24.2 Å². The van der Waals surface area contributed by atoms with Gasteiger partial charge in [0, 0.05) is 18.7 Å². The monoisotopic (exact) mass is 257 g/mol. The van der Waals surface area contributed by atoms with Crippen LogP contribution in [0.5, 0.6) is 5.75 Å². The first kappa shape index (κ1) is 14.0. The first-order chi connectivity index (χ1) is 9.29. The normalized spacial score (nSPS) is 16.4. The van der Waals surface area contributed by atoms with E-state index in [1.54, 1.807) is 0 Å². The summed E-state index contributed by atoms with van der Waals surface area (Å²) < 4.78 is 5.56. The SMILES string of the molecule is C#CCOc1ccccc1CNCC1(CC)CCC1. The molecule has 0 amide bonds. The van der Waals surface area contributed by atoms with Crippen molar-refractivity contribution in [1.82, 2.24) is 5.32 Å². The molecule has 0 atom stereocenters. The largest absolute Gasteiger partial charge is 0.481 e. The Kier molecular flexibility index (Phi) is 4.87. The summed E-state index contributed by atoms with van der Waals surface area (Å²) >= 11 is 0. The second-order valence-electron chi connectivity index (χ2n) is 5.41. The van der Waals surface area contributed by atoms with Gasteiger partial charge >= 0.3 is 0 Å². The second-order valence-corrected chi connectivity index (χ2v) is 5.41. The second kappa shape index (κ2) is 6.63. The molecule has 0 radical (unpaired) electrons. The van der Waals surface area contributed by atoms with Crippen LogP contribution in [0.2, 0.25) is 0 Å². The van der Waals surface area contributed by atoms with Crippen LogP contribution in [0.15, 0.2) is 24.3 Å². The molecule has 19 heavy (non-hydrogen) atoms. The van der Waals surface area contributed by atoms with Crippen LogP contribution in [0.3, 0.4) is 0 Å². The van der Waals surface area contributed by atoms with Crippen LogP contribution in [0.4, 0.5) is 0 Å². The fourth-order valence-corrected chi connectivity index (χ4v) is 2.70. The summed E-state index contributed by atoms with van der Waals surface area (Å²) in [5.74, 6) is 3.40. The van der Waals surface area contributed by atoms with Crippen molar-refractivity contribution in [3.8, 4) is 18.1 Å². The Morgan fingerprint density at radius 3 is 2.79 bits per heavy atom. The van der Waals surface area contributed by atoms with Gasteiger partial charge in [0.15, 0.2) is 0 Å². The van der Waals surface area contributed by atoms with E-state index in [1.165, 1.54) is 31.2 Å². The zero-order valence-electron chi connectivity index (χ0n) is 11.7. The molecule has 1 aliphatic carbocycles. The fraction of sp³-hybridized carbons (Fsp3) is 0.529. The molecule has 1 aliphatic rings. The molecular formula is C17H23NO. The minimum Gasteiger partial charge on any atom is -0.481 e. The Morgan fingerprint density at radius 1 is 1.37 bits per heavy atom. The summed E-state index contributed by atoms with van der Waals surface area (Å²) in [6.07, 6.45) is 10.6. The summed E-state index contributed by atoms with van der Waals surface area (Å²) in [4.78, 5) is 0. The van der Waals surface area contributed by atoms with Crippen LogP contribution in [0.1, 0.15) is 38.2 Å². The molecule has 1 aromatic rings. The minimum absolute atomic E-state index is 0.329. The standard InChI is InChI=1S/C17H23NO/c1-3-12-19-16-9-6-5-8-15(16)13-18-14-17(4-2)10-7-11-17/h1,5-6,8-9,18H,4,7,10-14H2,2H3. The summed E-state index contributed by atoms with van der Waals surface area (Å²) in [6, 6.07) is 8.10. The predicted molar refractivity (Wildman–Crippen MR) is 79.1 cm³/mol. The number of para-hydroxylation sites is 1. The molecule has 0 unspecified atom stereocenters. The van der Waals surface area contributed by atoms with Gasteiger partial charge in [-0.25, -0.2) is 0 Å². The van der Waals surface area contributed by atoms with Crippen molar-refractivity contribution < 1.29 is 4.74 Å². The average molecular weight is 257 g/mol. The molecule has 2 heteroatoms. The first-order valence-electron chi connectivity index (χ1n) is 7.14. The maximum atomic E-state index is 5.56. The lowest BCUT2D eigenvalue weighted by Crippen LogP contribution is -2.39. The quantitative estimate of drug-likeness (QED) is 0.756. The van der Waals surface area contributed by atoms with Gasteiger partial charge in [0.05, 0.1) is 0 Å². The Bertz CT molecular complexity index is 437. The van der Waals surface area contributed by atoms with Crippen molar-refractivity contribution in [2.45, 2.75) is 39.2 Å². The molecule has 0 spiro atoms. The topological polar surface area (TPSA) is 21.3 Å². The third kappa shape index (κ3) is 3.52. The van der Waals surface area contributed by atoms with Gasteiger partial charge in [-0.3, -0.25) is 0 Å². The molecule has 2 nitrogen and oxygen atoms in total. The van der Waals surface area contributed by atoms with Gasteiger partial charge in [-0.2, -0.15) is 0 Å². The van der Waals surface area contributed by atoms with Gasteiger partial charge in [-0.1, -0.05) is 37.5 Å². The third-order valence-corrected chi connectivity index (χ3v) is 4.26.